The highest BCUT2D eigenvalue weighted by Gasteiger charge is 2.24. The van der Waals surface area contributed by atoms with Gasteiger partial charge in [-0.05, 0) is 12.8 Å². The van der Waals surface area contributed by atoms with Crippen molar-refractivity contribution in [2.24, 2.45) is 0 Å². The number of thioether (sulfide) groups is 1. The zero-order valence-corrected chi connectivity index (χ0v) is 12.0. The van der Waals surface area contributed by atoms with Crippen LogP contribution in [0.15, 0.2) is 4.52 Å². The van der Waals surface area contributed by atoms with Crippen LogP contribution < -0.4 is 5.32 Å². The number of carbonyl (C=O) groups excluding carboxylic acids is 1. The monoisotopic (exact) mass is 298 g/mol. The summed E-state index contributed by atoms with van der Waals surface area (Å²) in [4.78, 5) is 18.0. The lowest BCUT2D eigenvalue weighted by molar-refractivity contribution is 0.0835. The van der Waals surface area contributed by atoms with Crippen LogP contribution in [-0.4, -0.2) is 52.3 Å². The number of carbonyl (C=O) groups is 1. The third-order valence-electron chi connectivity index (χ3n) is 3.38. The Labute approximate surface area is 121 Å². The highest BCUT2D eigenvalue weighted by Crippen LogP contribution is 2.26. The van der Waals surface area contributed by atoms with Gasteiger partial charge in [0.2, 0.25) is 0 Å². The first-order valence-electron chi connectivity index (χ1n) is 6.87. The molecule has 0 unspecified atom stereocenters. The summed E-state index contributed by atoms with van der Waals surface area (Å²) in [5.74, 6) is 3.01. The summed E-state index contributed by atoms with van der Waals surface area (Å²) < 4.78 is 10.7. The van der Waals surface area contributed by atoms with E-state index in [0.29, 0.717) is 18.3 Å². The zero-order valence-electron chi connectivity index (χ0n) is 11.2. The van der Waals surface area contributed by atoms with Gasteiger partial charge in [0.15, 0.2) is 5.82 Å². The maximum absolute atomic E-state index is 11.9. The molecule has 2 fully saturated rings. The van der Waals surface area contributed by atoms with Crippen LogP contribution in [0.4, 0.5) is 4.79 Å². The highest BCUT2D eigenvalue weighted by molar-refractivity contribution is 7.99. The lowest BCUT2D eigenvalue weighted by Gasteiger charge is -2.26. The van der Waals surface area contributed by atoms with Gasteiger partial charge in [0.1, 0.15) is 6.10 Å². The largest absolute Gasteiger partial charge is 0.368 e. The van der Waals surface area contributed by atoms with Crippen molar-refractivity contribution in [3.63, 3.8) is 0 Å². The van der Waals surface area contributed by atoms with Crippen LogP contribution >= 0.6 is 11.8 Å². The Balaban J connectivity index is 1.49. The summed E-state index contributed by atoms with van der Waals surface area (Å²) in [6, 6.07) is -0.0613. The van der Waals surface area contributed by atoms with Crippen molar-refractivity contribution in [3.8, 4) is 0 Å². The van der Waals surface area contributed by atoms with E-state index < -0.39 is 0 Å². The van der Waals surface area contributed by atoms with Crippen molar-refractivity contribution < 1.29 is 14.1 Å². The molecule has 0 radical (unpaired) electrons. The van der Waals surface area contributed by atoms with Crippen molar-refractivity contribution in [1.29, 1.82) is 0 Å². The first-order chi connectivity index (χ1) is 9.83. The average molecular weight is 298 g/mol. The van der Waals surface area contributed by atoms with Gasteiger partial charge in [0, 0.05) is 31.2 Å². The minimum Gasteiger partial charge on any atom is -0.368 e. The van der Waals surface area contributed by atoms with Crippen molar-refractivity contribution in [3.05, 3.63) is 11.7 Å². The van der Waals surface area contributed by atoms with Crippen molar-refractivity contribution >= 4 is 17.8 Å². The third-order valence-corrected chi connectivity index (χ3v) is 4.33. The Hall–Kier alpha value is -1.28. The normalized spacial score (nSPS) is 23.0. The van der Waals surface area contributed by atoms with E-state index >= 15 is 0 Å². The van der Waals surface area contributed by atoms with E-state index in [4.69, 9.17) is 9.26 Å². The molecule has 0 spiro atoms. The van der Waals surface area contributed by atoms with E-state index in [2.05, 4.69) is 15.5 Å². The maximum Gasteiger partial charge on any atom is 0.317 e. The Bertz CT molecular complexity index is 455. The molecule has 20 heavy (non-hydrogen) atoms. The topological polar surface area (TPSA) is 80.5 Å². The molecular formula is C12H18N4O3S. The van der Waals surface area contributed by atoms with Crippen molar-refractivity contribution in [1.82, 2.24) is 20.4 Å². The quantitative estimate of drug-likeness (QED) is 0.902. The molecule has 2 aliphatic rings. The molecule has 1 N–H and O–H groups in total. The summed E-state index contributed by atoms with van der Waals surface area (Å²) in [5.41, 5.74) is 0. The number of nitrogens with zero attached hydrogens (tertiary/aromatic N) is 3. The summed E-state index contributed by atoms with van der Waals surface area (Å²) in [6.07, 6.45) is 1.86. The Morgan fingerprint density at radius 1 is 1.45 bits per heavy atom. The molecule has 0 saturated carbocycles. The fourth-order valence-corrected chi connectivity index (χ4v) is 3.18. The van der Waals surface area contributed by atoms with Gasteiger partial charge in [0.05, 0.1) is 6.54 Å². The molecule has 0 bridgehead atoms. The molecule has 7 nitrogen and oxygen atoms in total. The van der Waals surface area contributed by atoms with Crippen molar-refractivity contribution in [2.45, 2.75) is 25.5 Å². The van der Waals surface area contributed by atoms with Crippen LogP contribution in [-0.2, 0) is 11.3 Å². The van der Waals surface area contributed by atoms with Crippen LogP contribution in [0.1, 0.15) is 30.7 Å². The SMILES string of the molecule is O=C(NCc1noc([C@H]2CCCO2)n1)N1CCSCC1. The Morgan fingerprint density at radius 2 is 2.30 bits per heavy atom. The van der Waals surface area contributed by atoms with Gasteiger partial charge in [-0.25, -0.2) is 4.79 Å². The summed E-state index contributed by atoms with van der Waals surface area (Å²) in [7, 11) is 0. The lowest BCUT2D eigenvalue weighted by atomic mass is 10.2. The van der Waals surface area contributed by atoms with E-state index in [9.17, 15) is 4.79 Å². The van der Waals surface area contributed by atoms with Crippen LogP contribution in [0, 0.1) is 0 Å². The maximum atomic E-state index is 11.9. The van der Waals surface area contributed by atoms with Gasteiger partial charge in [-0.2, -0.15) is 16.7 Å². The number of amides is 2. The van der Waals surface area contributed by atoms with Crippen molar-refractivity contribution in [2.75, 3.05) is 31.2 Å². The molecule has 110 valence electrons. The third kappa shape index (κ3) is 3.24. The number of hydrogen-bond acceptors (Lipinski definition) is 6. The Kier molecular flexibility index (Phi) is 4.41. The number of rotatable bonds is 3. The minimum atomic E-state index is -0.0777. The molecule has 3 rings (SSSR count). The average Bonchev–Trinajstić information content (AvgIpc) is 3.16. The minimum absolute atomic E-state index is 0.0613. The molecule has 1 atom stereocenters. The summed E-state index contributed by atoms with van der Waals surface area (Å²) in [6.45, 7) is 2.62. The summed E-state index contributed by atoms with van der Waals surface area (Å²) in [5, 5.41) is 6.70. The number of urea groups is 1. The highest BCUT2D eigenvalue weighted by atomic mass is 32.2. The zero-order chi connectivity index (χ0) is 13.8. The van der Waals surface area contributed by atoms with Gasteiger partial charge in [0.25, 0.3) is 5.89 Å². The predicted molar refractivity (Wildman–Crippen MR) is 73.4 cm³/mol. The Morgan fingerprint density at radius 3 is 3.05 bits per heavy atom. The fraction of sp³-hybridized carbons (Fsp3) is 0.750. The molecule has 2 aliphatic heterocycles. The molecular weight excluding hydrogens is 280 g/mol. The fourth-order valence-electron chi connectivity index (χ4n) is 2.28. The van der Waals surface area contributed by atoms with E-state index in [1.54, 1.807) is 0 Å². The van der Waals surface area contributed by atoms with Gasteiger partial charge in [-0.15, -0.1) is 0 Å². The van der Waals surface area contributed by atoms with Gasteiger partial charge < -0.3 is 19.5 Å². The van der Waals surface area contributed by atoms with Gasteiger partial charge in [-0.3, -0.25) is 0 Å². The van der Waals surface area contributed by atoms with Gasteiger partial charge >= 0.3 is 6.03 Å². The first-order valence-corrected chi connectivity index (χ1v) is 8.03. The molecule has 8 heteroatoms. The number of nitrogens with one attached hydrogen (secondary N) is 1. The van der Waals surface area contributed by atoms with Crippen LogP contribution in [0.3, 0.4) is 0 Å². The van der Waals surface area contributed by atoms with Crippen LogP contribution in [0.2, 0.25) is 0 Å². The molecule has 0 aliphatic carbocycles. The van der Waals surface area contributed by atoms with E-state index in [1.807, 2.05) is 16.7 Å². The molecule has 3 heterocycles. The van der Waals surface area contributed by atoms with E-state index in [-0.39, 0.29) is 12.1 Å². The molecule has 1 aromatic heterocycles. The smallest absolute Gasteiger partial charge is 0.317 e. The second-order valence-corrected chi connectivity index (χ2v) is 6.03. The van der Waals surface area contributed by atoms with Gasteiger partial charge in [-0.1, -0.05) is 5.16 Å². The second kappa shape index (κ2) is 6.45. The number of hydrogen-bond donors (Lipinski definition) is 1. The molecule has 2 saturated heterocycles. The number of ether oxygens (including phenoxy) is 1. The molecule has 0 aromatic carbocycles. The number of aromatic nitrogens is 2. The van der Waals surface area contributed by atoms with Crippen LogP contribution in [0.25, 0.3) is 0 Å². The second-order valence-electron chi connectivity index (χ2n) is 4.81. The molecule has 2 amide bonds. The lowest BCUT2D eigenvalue weighted by Crippen LogP contribution is -2.44. The van der Waals surface area contributed by atoms with E-state index in [0.717, 1.165) is 44.0 Å². The standard InChI is InChI=1S/C12H18N4O3S/c17-12(16-3-6-20-7-4-16)13-8-10-14-11(19-15-10)9-2-1-5-18-9/h9H,1-8H2,(H,13,17)/t9-/m1/s1. The van der Waals surface area contributed by atoms with E-state index in [1.165, 1.54) is 0 Å². The predicted octanol–water partition coefficient (Wildman–Crippen LogP) is 1.18. The molecule has 1 aromatic rings. The summed E-state index contributed by atoms with van der Waals surface area (Å²) >= 11 is 1.87. The van der Waals surface area contributed by atoms with Crippen LogP contribution in [0.5, 0.6) is 0 Å². The first kappa shape index (κ1) is 13.7.